The maximum Gasteiger partial charge on any atom is 0.252 e. The summed E-state index contributed by atoms with van der Waals surface area (Å²) in [5.74, 6) is 0. The first-order valence-corrected chi connectivity index (χ1v) is 10.2. The molecule has 4 nitrogen and oxygen atoms in total. The van der Waals surface area contributed by atoms with Gasteiger partial charge in [0.1, 0.15) is 4.21 Å². The Bertz CT molecular complexity index is 828. The normalized spacial score (nSPS) is 20.2. The van der Waals surface area contributed by atoms with E-state index in [-0.39, 0.29) is 0 Å². The van der Waals surface area contributed by atoms with E-state index >= 15 is 0 Å². The van der Waals surface area contributed by atoms with Crippen LogP contribution in [0.25, 0.3) is 0 Å². The molecule has 0 bridgehead atoms. The first-order chi connectivity index (χ1) is 11.0. The molecule has 2 aromatic rings. The first kappa shape index (κ1) is 15.6. The molecule has 0 saturated carbocycles. The van der Waals surface area contributed by atoms with Crippen molar-refractivity contribution in [2.24, 2.45) is 0 Å². The van der Waals surface area contributed by atoms with Crippen LogP contribution in [0.3, 0.4) is 0 Å². The average molecular weight is 369 g/mol. The molecule has 1 aromatic heterocycles. The molecule has 0 radical (unpaired) electrons. The Morgan fingerprint density at radius 2 is 1.83 bits per heavy atom. The Morgan fingerprint density at radius 3 is 2.52 bits per heavy atom. The van der Waals surface area contributed by atoms with Crippen molar-refractivity contribution in [2.75, 3.05) is 19.6 Å². The number of halogens is 1. The van der Waals surface area contributed by atoms with Gasteiger partial charge in [0.2, 0.25) is 0 Å². The van der Waals surface area contributed by atoms with Crippen molar-refractivity contribution < 1.29 is 8.42 Å². The molecule has 0 atom stereocenters. The van der Waals surface area contributed by atoms with Crippen LogP contribution in [0, 0.1) is 0 Å². The zero-order valence-electron chi connectivity index (χ0n) is 12.5. The molecule has 4 rings (SSSR count). The standard InChI is InChI=1S/C16H17ClN2O2S2/c17-15-5-6-16(22-15)23(20,21)19-10-14(11-19)18-8-7-12-3-1-2-4-13(12)9-18/h1-6,14H,7-11H2. The van der Waals surface area contributed by atoms with E-state index in [0.29, 0.717) is 27.7 Å². The Kier molecular flexibility index (Phi) is 3.98. The van der Waals surface area contributed by atoms with Gasteiger partial charge in [-0.05, 0) is 29.7 Å². The molecule has 23 heavy (non-hydrogen) atoms. The largest absolute Gasteiger partial charge is 0.293 e. The first-order valence-electron chi connectivity index (χ1n) is 7.60. The molecule has 0 unspecified atom stereocenters. The van der Waals surface area contributed by atoms with Gasteiger partial charge in [0.05, 0.1) is 4.34 Å². The van der Waals surface area contributed by atoms with Crippen molar-refractivity contribution in [3.63, 3.8) is 0 Å². The summed E-state index contributed by atoms with van der Waals surface area (Å²) >= 11 is 6.98. The predicted molar refractivity (Wildman–Crippen MR) is 92.4 cm³/mol. The summed E-state index contributed by atoms with van der Waals surface area (Å²) in [6.07, 6.45) is 1.04. The Balaban J connectivity index is 1.42. The van der Waals surface area contributed by atoms with Crippen molar-refractivity contribution >= 4 is 33.0 Å². The van der Waals surface area contributed by atoms with Crippen LogP contribution in [0.2, 0.25) is 4.34 Å². The molecular formula is C16H17ClN2O2S2. The predicted octanol–water partition coefficient (Wildman–Crippen LogP) is 2.83. The number of thiophene rings is 1. The highest BCUT2D eigenvalue weighted by Gasteiger charge is 2.40. The van der Waals surface area contributed by atoms with Gasteiger partial charge in [0.25, 0.3) is 10.0 Å². The third-order valence-corrected chi connectivity index (χ3v) is 8.18. The highest BCUT2D eigenvalue weighted by Crippen LogP contribution is 2.32. The molecule has 122 valence electrons. The number of benzene rings is 1. The smallest absolute Gasteiger partial charge is 0.252 e. The van der Waals surface area contributed by atoms with E-state index in [1.54, 1.807) is 16.4 Å². The second kappa shape index (κ2) is 5.86. The zero-order valence-corrected chi connectivity index (χ0v) is 14.9. The van der Waals surface area contributed by atoms with Gasteiger partial charge in [0, 0.05) is 32.2 Å². The minimum absolute atomic E-state index is 0.313. The van der Waals surface area contributed by atoms with Gasteiger partial charge in [-0.15, -0.1) is 11.3 Å². The Hall–Kier alpha value is -0.920. The van der Waals surface area contributed by atoms with Crippen LogP contribution in [-0.2, 0) is 23.0 Å². The second-order valence-corrected chi connectivity index (χ2v) is 9.90. The van der Waals surface area contributed by atoms with Gasteiger partial charge < -0.3 is 0 Å². The van der Waals surface area contributed by atoms with Crippen LogP contribution >= 0.6 is 22.9 Å². The third-order valence-electron chi connectivity index (χ3n) is 4.65. The van der Waals surface area contributed by atoms with E-state index in [9.17, 15) is 8.42 Å². The highest BCUT2D eigenvalue weighted by molar-refractivity contribution is 7.91. The summed E-state index contributed by atoms with van der Waals surface area (Å²) in [4.78, 5) is 2.40. The second-order valence-electron chi connectivity index (χ2n) is 6.02. The number of nitrogens with zero attached hydrogens (tertiary/aromatic N) is 2. The molecule has 0 N–H and O–H groups in total. The van der Waals surface area contributed by atoms with Gasteiger partial charge in [-0.25, -0.2) is 8.42 Å². The Labute approximate surface area is 145 Å². The minimum Gasteiger partial charge on any atom is -0.293 e. The van der Waals surface area contributed by atoms with Gasteiger partial charge in [0.15, 0.2) is 0 Å². The molecule has 1 fully saturated rings. The summed E-state index contributed by atoms with van der Waals surface area (Å²) < 4.78 is 27.4. The summed E-state index contributed by atoms with van der Waals surface area (Å²) in [5.41, 5.74) is 2.78. The van der Waals surface area contributed by atoms with Crippen molar-refractivity contribution in [1.29, 1.82) is 0 Å². The minimum atomic E-state index is -3.37. The maximum absolute atomic E-state index is 12.5. The van der Waals surface area contributed by atoms with E-state index in [1.165, 1.54) is 11.1 Å². The molecule has 7 heteroatoms. The quantitative estimate of drug-likeness (QED) is 0.836. The van der Waals surface area contributed by atoms with E-state index in [1.807, 2.05) is 0 Å². The molecule has 0 aliphatic carbocycles. The van der Waals surface area contributed by atoms with E-state index < -0.39 is 10.0 Å². The highest BCUT2D eigenvalue weighted by atomic mass is 35.5. The lowest BCUT2D eigenvalue weighted by molar-refractivity contribution is 0.0770. The number of fused-ring (bicyclic) bond motifs is 1. The lowest BCUT2D eigenvalue weighted by Gasteiger charge is -2.45. The number of sulfonamides is 1. The van der Waals surface area contributed by atoms with Gasteiger partial charge >= 0.3 is 0 Å². The van der Waals surface area contributed by atoms with Crippen LogP contribution in [-0.4, -0.2) is 43.3 Å². The van der Waals surface area contributed by atoms with Crippen LogP contribution < -0.4 is 0 Å². The van der Waals surface area contributed by atoms with Crippen LogP contribution in [0.15, 0.2) is 40.6 Å². The summed E-state index contributed by atoms with van der Waals surface area (Å²) in [5, 5.41) is 0. The van der Waals surface area contributed by atoms with Crippen LogP contribution in [0.5, 0.6) is 0 Å². The van der Waals surface area contributed by atoms with E-state index in [0.717, 1.165) is 30.8 Å². The molecule has 2 aliphatic heterocycles. The average Bonchev–Trinajstić information content (AvgIpc) is 2.93. The van der Waals surface area contributed by atoms with Gasteiger partial charge in [-0.1, -0.05) is 35.9 Å². The van der Waals surface area contributed by atoms with E-state index in [4.69, 9.17) is 11.6 Å². The lowest BCUT2D eigenvalue weighted by atomic mass is 9.97. The number of hydrogen-bond donors (Lipinski definition) is 0. The molecule has 2 aliphatic rings. The van der Waals surface area contributed by atoms with Crippen molar-refractivity contribution in [3.8, 4) is 0 Å². The van der Waals surface area contributed by atoms with Gasteiger partial charge in [-0.3, -0.25) is 4.90 Å². The Morgan fingerprint density at radius 1 is 1.09 bits per heavy atom. The number of rotatable bonds is 3. The van der Waals surface area contributed by atoms with Gasteiger partial charge in [-0.2, -0.15) is 4.31 Å². The monoisotopic (exact) mass is 368 g/mol. The lowest BCUT2D eigenvalue weighted by Crippen LogP contribution is -2.61. The van der Waals surface area contributed by atoms with Crippen LogP contribution in [0.1, 0.15) is 11.1 Å². The zero-order chi connectivity index (χ0) is 16.0. The maximum atomic E-state index is 12.5. The fraction of sp³-hybridized carbons (Fsp3) is 0.375. The fourth-order valence-electron chi connectivity index (χ4n) is 3.24. The van der Waals surface area contributed by atoms with Crippen molar-refractivity contribution in [1.82, 2.24) is 9.21 Å². The molecule has 3 heterocycles. The third kappa shape index (κ3) is 2.83. The van der Waals surface area contributed by atoms with E-state index in [2.05, 4.69) is 29.2 Å². The SMILES string of the molecule is O=S(=O)(c1ccc(Cl)s1)N1CC(N2CCc3ccccc3C2)C1. The summed E-state index contributed by atoms with van der Waals surface area (Å²) in [6, 6.07) is 12.0. The van der Waals surface area contributed by atoms with Crippen LogP contribution in [0.4, 0.5) is 0 Å². The fourth-order valence-corrected chi connectivity index (χ4v) is 6.39. The molecule has 0 amide bonds. The molecular weight excluding hydrogens is 352 g/mol. The summed E-state index contributed by atoms with van der Waals surface area (Å²) in [6.45, 7) is 3.06. The molecule has 1 aromatic carbocycles. The van der Waals surface area contributed by atoms with Crippen molar-refractivity contribution in [2.45, 2.75) is 23.2 Å². The summed E-state index contributed by atoms with van der Waals surface area (Å²) in [7, 11) is -3.37. The number of hydrogen-bond acceptors (Lipinski definition) is 4. The topological polar surface area (TPSA) is 40.6 Å². The molecule has 1 saturated heterocycles. The van der Waals surface area contributed by atoms with Crippen molar-refractivity contribution in [3.05, 3.63) is 51.9 Å². The molecule has 0 spiro atoms.